The second-order valence-electron chi connectivity index (χ2n) is 2.96. The van der Waals surface area contributed by atoms with E-state index in [2.05, 4.69) is 0 Å². The van der Waals surface area contributed by atoms with E-state index in [1.807, 2.05) is 24.3 Å². The van der Waals surface area contributed by atoms with Crippen LogP contribution in [0.1, 0.15) is 6.92 Å². The molecule has 0 bridgehead atoms. The Kier molecular flexibility index (Phi) is 2.27. The van der Waals surface area contributed by atoms with Crippen LogP contribution in [0.4, 0.5) is 0 Å². The van der Waals surface area contributed by atoms with Crippen molar-refractivity contribution in [3.8, 4) is 5.75 Å². The molecule has 68 valence electrons. The molecule has 0 N–H and O–H groups in total. The summed E-state index contributed by atoms with van der Waals surface area (Å²) in [7, 11) is 0. The van der Waals surface area contributed by atoms with Gasteiger partial charge in [-0.25, -0.2) is 0 Å². The van der Waals surface area contributed by atoms with Crippen molar-refractivity contribution >= 4 is 17.5 Å². The average molecular weight is 194 g/mol. The lowest BCUT2D eigenvalue weighted by molar-refractivity contribution is -0.122. The third-order valence-electron chi connectivity index (χ3n) is 1.98. The fraction of sp³-hybridized carbons (Fsp3) is 0.300. The molecule has 1 aromatic rings. The van der Waals surface area contributed by atoms with Crippen LogP contribution in [0, 0.1) is 0 Å². The highest BCUT2D eigenvalue weighted by molar-refractivity contribution is 8.00. The highest BCUT2D eigenvalue weighted by Gasteiger charge is 2.20. The number of fused-ring (bicyclic) bond motifs is 1. The zero-order chi connectivity index (χ0) is 9.26. The molecular formula is C10H10O2S. The van der Waals surface area contributed by atoms with Gasteiger partial charge in [0.25, 0.3) is 0 Å². The molecule has 0 aliphatic carbocycles. The largest absolute Gasteiger partial charge is 0.482 e. The second-order valence-corrected chi connectivity index (χ2v) is 3.98. The molecule has 0 saturated carbocycles. The maximum Gasteiger partial charge on any atom is 0.183 e. The van der Waals surface area contributed by atoms with Crippen LogP contribution in [0.15, 0.2) is 29.2 Å². The van der Waals surface area contributed by atoms with Crippen molar-refractivity contribution in [3.63, 3.8) is 0 Å². The molecule has 1 aliphatic rings. The zero-order valence-electron chi connectivity index (χ0n) is 7.32. The molecule has 2 nitrogen and oxygen atoms in total. The van der Waals surface area contributed by atoms with E-state index in [1.165, 1.54) is 0 Å². The van der Waals surface area contributed by atoms with Gasteiger partial charge >= 0.3 is 0 Å². The lowest BCUT2D eigenvalue weighted by atomic mass is 10.3. The van der Waals surface area contributed by atoms with Crippen molar-refractivity contribution in [3.05, 3.63) is 24.3 Å². The van der Waals surface area contributed by atoms with E-state index in [1.54, 1.807) is 18.7 Å². The minimum absolute atomic E-state index is 0.154. The Morgan fingerprint density at radius 3 is 3.08 bits per heavy atom. The summed E-state index contributed by atoms with van der Waals surface area (Å²) in [5.41, 5.74) is 0. The van der Waals surface area contributed by atoms with E-state index in [0.717, 1.165) is 10.6 Å². The lowest BCUT2D eigenvalue weighted by Gasteiger charge is -2.09. The van der Waals surface area contributed by atoms with Crippen LogP contribution in [0.25, 0.3) is 0 Å². The zero-order valence-corrected chi connectivity index (χ0v) is 8.14. The van der Waals surface area contributed by atoms with Crippen molar-refractivity contribution < 1.29 is 9.53 Å². The molecule has 3 heteroatoms. The Bertz CT molecular complexity index is 335. The highest BCUT2D eigenvalue weighted by atomic mass is 32.2. The van der Waals surface area contributed by atoms with E-state index in [9.17, 15) is 4.79 Å². The number of benzene rings is 1. The third-order valence-corrected chi connectivity index (χ3v) is 3.05. The molecule has 0 spiro atoms. The highest BCUT2D eigenvalue weighted by Crippen LogP contribution is 2.32. The Labute approximate surface area is 81.3 Å². The Hall–Kier alpha value is -0.960. The summed E-state index contributed by atoms with van der Waals surface area (Å²) < 4.78 is 5.50. The quantitative estimate of drug-likeness (QED) is 0.633. The first-order valence-electron chi connectivity index (χ1n) is 4.18. The molecule has 1 heterocycles. The number of ether oxygens (including phenoxy) is 1. The molecule has 2 rings (SSSR count). The number of carbonyl (C=O) groups is 1. The second kappa shape index (κ2) is 3.42. The van der Waals surface area contributed by atoms with E-state index in [-0.39, 0.29) is 11.9 Å². The van der Waals surface area contributed by atoms with E-state index in [0.29, 0.717) is 5.75 Å². The normalized spacial score (nSPS) is 21.6. The van der Waals surface area contributed by atoms with Gasteiger partial charge in [-0.2, -0.15) is 0 Å². The van der Waals surface area contributed by atoms with Crippen LogP contribution in [0.5, 0.6) is 5.75 Å². The van der Waals surface area contributed by atoms with Gasteiger partial charge in [0.1, 0.15) is 5.75 Å². The van der Waals surface area contributed by atoms with Gasteiger partial charge in [0.15, 0.2) is 11.9 Å². The van der Waals surface area contributed by atoms with E-state index >= 15 is 0 Å². The Morgan fingerprint density at radius 2 is 2.23 bits per heavy atom. The maximum absolute atomic E-state index is 11.3. The molecule has 1 unspecified atom stereocenters. The van der Waals surface area contributed by atoms with Crippen LogP contribution >= 0.6 is 11.8 Å². The standard InChI is InChI=1S/C10H10O2S/c1-7-8(11)6-13-10-5-3-2-4-9(10)12-7/h2-5,7H,6H2,1H3. The fourth-order valence-corrected chi connectivity index (χ4v) is 2.15. The summed E-state index contributed by atoms with van der Waals surface area (Å²) in [6, 6.07) is 7.75. The van der Waals surface area contributed by atoms with Crippen LogP contribution in [0.2, 0.25) is 0 Å². The number of ketones is 1. The summed E-state index contributed by atoms with van der Waals surface area (Å²) in [6.45, 7) is 1.80. The Morgan fingerprint density at radius 1 is 1.46 bits per heavy atom. The number of rotatable bonds is 0. The lowest BCUT2D eigenvalue weighted by Crippen LogP contribution is -2.23. The topological polar surface area (TPSA) is 26.3 Å². The minimum Gasteiger partial charge on any atom is -0.482 e. The van der Waals surface area contributed by atoms with Gasteiger partial charge in [-0.15, -0.1) is 11.8 Å². The van der Waals surface area contributed by atoms with Gasteiger partial charge in [0.05, 0.1) is 5.75 Å². The van der Waals surface area contributed by atoms with Crippen LogP contribution in [-0.2, 0) is 4.79 Å². The van der Waals surface area contributed by atoms with Gasteiger partial charge in [0, 0.05) is 4.90 Å². The SMILES string of the molecule is CC1Oc2ccccc2SCC1=O. The van der Waals surface area contributed by atoms with Gasteiger partial charge in [-0.3, -0.25) is 4.79 Å². The first-order chi connectivity index (χ1) is 6.27. The van der Waals surface area contributed by atoms with Gasteiger partial charge in [0.2, 0.25) is 0 Å². The summed E-state index contributed by atoms with van der Waals surface area (Å²) in [6.07, 6.45) is -0.309. The minimum atomic E-state index is -0.309. The van der Waals surface area contributed by atoms with Gasteiger partial charge in [-0.05, 0) is 19.1 Å². The Balaban J connectivity index is 2.35. The first-order valence-corrected chi connectivity index (χ1v) is 5.17. The van der Waals surface area contributed by atoms with Crippen molar-refractivity contribution in [2.45, 2.75) is 17.9 Å². The molecular weight excluding hydrogens is 184 g/mol. The van der Waals surface area contributed by atoms with Crippen LogP contribution < -0.4 is 4.74 Å². The van der Waals surface area contributed by atoms with E-state index < -0.39 is 0 Å². The van der Waals surface area contributed by atoms with Gasteiger partial charge < -0.3 is 4.74 Å². The molecule has 13 heavy (non-hydrogen) atoms. The van der Waals surface area contributed by atoms with Crippen molar-refractivity contribution in [1.82, 2.24) is 0 Å². The molecule has 0 aromatic heterocycles. The van der Waals surface area contributed by atoms with Crippen molar-refractivity contribution in [1.29, 1.82) is 0 Å². The summed E-state index contributed by atoms with van der Waals surface area (Å²) in [5.74, 6) is 1.49. The molecule has 1 aliphatic heterocycles. The van der Waals surface area contributed by atoms with Crippen molar-refractivity contribution in [2.24, 2.45) is 0 Å². The number of para-hydroxylation sites is 1. The number of thioether (sulfide) groups is 1. The van der Waals surface area contributed by atoms with Crippen LogP contribution in [0.3, 0.4) is 0 Å². The monoisotopic (exact) mass is 194 g/mol. The molecule has 0 amide bonds. The molecule has 0 radical (unpaired) electrons. The van der Waals surface area contributed by atoms with Gasteiger partial charge in [-0.1, -0.05) is 12.1 Å². The number of hydrogen-bond donors (Lipinski definition) is 0. The fourth-order valence-electron chi connectivity index (χ4n) is 1.19. The molecule has 1 aromatic carbocycles. The van der Waals surface area contributed by atoms with Crippen molar-refractivity contribution in [2.75, 3.05) is 5.75 Å². The molecule has 0 saturated heterocycles. The smallest absolute Gasteiger partial charge is 0.183 e. The number of hydrogen-bond acceptors (Lipinski definition) is 3. The predicted octanol–water partition coefficient (Wildman–Crippen LogP) is 2.13. The predicted molar refractivity (Wildman–Crippen MR) is 52.3 cm³/mol. The molecule has 1 atom stereocenters. The third kappa shape index (κ3) is 1.70. The first kappa shape index (κ1) is 8.63. The van der Waals surface area contributed by atoms with E-state index in [4.69, 9.17) is 4.74 Å². The summed E-state index contributed by atoms with van der Waals surface area (Å²) in [5, 5.41) is 0. The summed E-state index contributed by atoms with van der Waals surface area (Å²) in [4.78, 5) is 12.4. The number of carbonyl (C=O) groups excluding carboxylic acids is 1. The average Bonchev–Trinajstić information content (AvgIpc) is 2.28. The number of Topliss-reactive ketones (excluding diaryl/α,β-unsaturated/α-hetero) is 1. The molecule has 0 fully saturated rings. The van der Waals surface area contributed by atoms with Crippen LogP contribution in [-0.4, -0.2) is 17.6 Å². The summed E-state index contributed by atoms with van der Waals surface area (Å²) >= 11 is 1.55. The maximum atomic E-state index is 11.3.